The Hall–Kier alpha value is -2.16. The largest absolute Gasteiger partial charge is 0.477 e. The molecule has 2 unspecified atom stereocenters. The number of β-lactam (4-membered cyclic amide) rings is 1. The predicted molar refractivity (Wildman–Crippen MR) is 131 cm³/mol. The van der Waals surface area contributed by atoms with Gasteiger partial charge in [0.1, 0.15) is 28.7 Å². The van der Waals surface area contributed by atoms with E-state index >= 15 is 0 Å². The average molecular weight is 542 g/mol. The number of thiophene rings is 1. The maximum atomic E-state index is 12.8. The van der Waals surface area contributed by atoms with Crippen molar-refractivity contribution in [3.63, 3.8) is 0 Å². The van der Waals surface area contributed by atoms with Crippen molar-refractivity contribution in [2.75, 3.05) is 17.3 Å². The second kappa shape index (κ2) is 10.6. The quantitative estimate of drug-likeness (QED) is 0.339. The number of aromatic nitrogens is 3. The van der Waals surface area contributed by atoms with Crippen LogP contribution in [0.2, 0.25) is 0 Å². The van der Waals surface area contributed by atoms with E-state index in [1.165, 1.54) is 39.8 Å². The van der Waals surface area contributed by atoms with E-state index in [0.29, 0.717) is 33.0 Å². The van der Waals surface area contributed by atoms with Crippen LogP contribution in [0.15, 0.2) is 38.1 Å². The summed E-state index contributed by atoms with van der Waals surface area (Å²) in [5.41, 5.74) is 0.589. The summed E-state index contributed by atoms with van der Waals surface area (Å²) in [4.78, 5) is 38.5. The van der Waals surface area contributed by atoms with E-state index in [2.05, 4.69) is 15.5 Å². The van der Waals surface area contributed by atoms with Gasteiger partial charge in [0.15, 0.2) is 5.16 Å². The van der Waals surface area contributed by atoms with Crippen LogP contribution in [0, 0.1) is 0 Å². The summed E-state index contributed by atoms with van der Waals surface area (Å²) in [5.74, 6) is -0.753. The number of hydrogen-bond donors (Lipinski definition) is 2. The first kappa shape index (κ1) is 24.9. The molecule has 34 heavy (non-hydrogen) atoms. The summed E-state index contributed by atoms with van der Waals surface area (Å²) in [6, 6.07) is 2.61. The van der Waals surface area contributed by atoms with E-state index in [1.807, 2.05) is 18.4 Å². The van der Waals surface area contributed by atoms with Gasteiger partial charge in [-0.1, -0.05) is 24.8 Å². The third-order valence-corrected chi connectivity index (χ3v) is 10.4. The van der Waals surface area contributed by atoms with Crippen molar-refractivity contribution in [3.8, 4) is 0 Å². The fraction of sp³-hybridized carbons (Fsp3) is 0.450. The molecule has 2 aliphatic rings. The fourth-order valence-corrected chi connectivity index (χ4v) is 8.17. The molecule has 2 aromatic heterocycles. The average Bonchev–Trinajstić information content (AvgIpc) is 3.50. The first-order valence-corrected chi connectivity index (χ1v) is 14.7. The Morgan fingerprint density at radius 3 is 2.79 bits per heavy atom. The molecule has 0 spiro atoms. The molecule has 1 fully saturated rings. The van der Waals surface area contributed by atoms with Gasteiger partial charge < -0.3 is 15.0 Å². The lowest BCUT2D eigenvalue weighted by atomic mass is 10.0. The van der Waals surface area contributed by atoms with E-state index in [9.17, 15) is 23.7 Å². The highest BCUT2D eigenvalue weighted by molar-refractivity contribution is 8.01. The van der Waals surface area contributed by atoms with Gasteiger partial charge >= 0.3 is 5.97 Å². The molecule has 0 bridgehead atoms. The van der Waals surface area contributed by atoms with Gasteiger partial charge in [0.05, 0.1) is 15.0 Å². The number of fused-ring (bicyclic) bond motifs is 1. The molecular formula is C20H23N5O5S4. The minimum Gasteiger partial charge on any atom is -0.477 e. The molecule has 182 valence electrons. The minimum atomic E-state index is -1.49. The number of carboxylic acids is 1. The van der Waals surface area contributed by atoms with Gasteiger partial charge in [-0.25, -0.2) is 4.79 Å². The van der Waals surface area contributed by atoms with Gasteiger partial charge in [-0.3, -0.25) is 18.7 Å². The number of carbonyl (C=O) groups excluding carboxylic acids is 2. The van der Waals surface area contributed by atoms with Crippen LogP contribution >= 0.6 is 34.9 Å². The first-order chi connectivity index (χ1) is 16.3. The highest BCUT2D eigenvalue weighted by Crippen LogP contribution is 2.41. The molecular weight excluding hydrogens is 519 g/mol. The number of thioether (sulfide) groups is 2. The number of aliphatic carboxylic acids is 1. The molecule has 0 aliphatic carbocycles. The van der Waals surface area contributed by atoms with Crippen molar-refractivity contribution in [2.45, 2.75) is 47.6 Å². The van der Waals surface area contributed by atoms with Crippen LogP contribution in [-0.2, 0) is 38.1 Å². The SMILES string of the molecule is CCc1nnc(SCC2=C(C(=O)O)N3C(=O)C(NC(=O)CS(=O)c4cccs4)[C@H]3SC2)n1CC. The van der Waals surface area contributed by atoms with E-state index in [-0.39, 0.29) is 11.4 Å². The van der Waals surface area contributed by atoms with Crippen LogP contribution in [0.3, 0.4) is 0 Å². The summed E-state index contributed by atoms with van der Waals surface area (Å²) < 4.78 is 14.9. The van der Waals surface area contributed by atoms with E-state index < -0.39 is 40.0 Å². The molecule has 0 radical (unpaired) electrons. The highest BCUT2D eigenvalue weighted by Gasteiger charge is 2.54. The zero-order valence-corrected chi connectivity index (χ0v) is 21.7. The smallest absolute Gasteiger partial charge is 0.352 e. The van der Waals surface area contributed by atoms with Crippen LogP contribution < -0.4 is 5.32 Å². The van der Waals surface area contributed by atoms with Gasteiger partial charge in [0, 0.05) is 24.5 Å². The summed E-state index contributed by atoms with van der Waals surface area (Å²) in [6.45, 7) is 4.71. The molecule has 0 saturated carbocycles. The molecule has 2 N–H and O–H groups in total. The Bertz CT molecular complexity index is 1160. The molecule has 4 heterocycles. The zero-order chi connectivity index (χ0) is 24.4. The summed E-state index contributed by atoms with van der Waals surface area (Å²) in [5, 5.41) is 22.9. The monoisotopic (exact) mass is 541 g/mol. The fourth-order valence-electron chi connectivity index (χ4n) is 3.75. The van der Waals surface area contributed by atoms with Crippen LogP contribution in [0.4, 0.5) is 0 Å². The number of nitrogens with one attached hydrogen (secondary N) is 1. The Labute approximate surface area is 211 Å². The third kappa shape index (κ3) is 4.81. The Morgan fingerprint density at radius 1 is 1.35 bits per heavy atom. The van der Waals surface area contributed by atoms with Gasteiger partial charge in [-0.15, -0.1) is 33.3 Å². The Kier molecular flexibility index (Phi) is 7.80. The Morgan fingerprint density at radius 2 is 2.15 bits per heavy atom. The lowest BCUT2D eigenvalue weighted by molar-refractivity contribution is -0.150. The standard InChI is InChI=1S/C20H23N5O5S4/c1-3-12-22-23-20(24(12)4-2)33-9-11-8-32-18-15(17(27)25(18)16(11)19(28)29)21-13(26)10-34(30)14-6-5-7-31-14/h5-7,15,18H,3-4,8-10H2,1-2H3,(H,21,26)(H,28,29)/t15?,18-,34?/m1/s1. The Balaban J connectivity index is 1.43. The first-order valence-electron chi connectivity index (χ1n) is 10.5. The molecule has 3 atom stereocenters. The number of amides is 2. The number of carbonyl (C=O) groups is 3. The summed E-state index contributed by atoms with van der Waals surface area (Å²) >= 11 is 4.10. The summed E-state index contributed by atoms with van der Waals surface area (Å²) in [7, 11) is -1.49. The molecule has 14 heteroatoms. The van der Waals surface area contributed by atoms with Gasteiger partial charge in [-0.2, -0.15) is 0 Å². The van der Waals surface area contributed by atoms with Crippen LogP contribution in [0.1, 0.15) is 19.7 Å². The van der Waals surface area contributed by atoms with Gasteiger partial charge in [0.25, 0.3) is 5.91 Å². The predicted octanol–water partition coefficient (Wildman–Crippen LogP) is 1.56. The third-order valence-electron chi connectivity index (χ3n) is 5.35. The van der Waals surface area contributed by atoms with Crippen LogP contribution in [0.25, 0.3) is 0 Å². The molecule has 2 amide bonds. The van der Waals surface area contributed by atoms with Crippen molar-refractivity contribution in [3.05, 3.63) is 34.6 Å². The van der Waals surface area contributed by atoms with Crippen molar-refractivity contribution in [1.82, 2.24) is 25.0 Å². The van der Waals surface area contributed by atoms with Crippen molar-refractivity contribution >= 4 is 63.4 Å². The van der Waals surface area contributed by atoms with Crippen LogP contribution in [0.5, 0.6) is 0 Å². The topological polar surface area (TPSA) is 134 Å². The van der Waals surface area contributed by atoms with E-state index in [0.717, 1.165) is 12.2 Å². The number of nitrogens with zero attached hydrogens (tertiary/aromatic N) is 4. The van der Waals surface area contributed by atoms with Crippen LogP contribution in [-0.4, -0.2) is 75.4 Å². The lowest BCUT2D eigenvalue weighted by Crippen LogP contribution is -2.70. The molecule has 2 aliphatic heterocycles. The number of hydrogen-bond acceptors (Lipinski definition) is 9. The molecule has 4 rings (SSSR count). The number of carboxylic acid groups (broad SMARTS) is 1. The lowest BCUT2D eigenvalue weighted by Gasteiger charge is -2.49. The molecule has 0 aromatic carbocycles. The normalized spacial score (nSPS) is 20.6. The molecule has 10 nitrogen and oxygen atoms in total. The minimum absolute atomic E-state index is 0.0350. The zero-order valence-electron chi connectivity index (χ0n) is 18.4. The van der Waals surface area contributed by atoms with Crippen molar-refractivity contribution in [2.24, 2.45) is 0 Å². The van der Waals surface area contributed by atoms with Crippen molar-refractivity contribution < 1.29 is 23.7 Å². The maximum absolute atomic E-state index is 12.8. The second-order valence-corrected chi connectivity index (χ2v) is 12.1. The summed E-state index contributed by atoms with van der Waals surface area (Å²) in [6.07, 6.45) is 0.748. The van der Waals surface area contributed by atoms with E-state index in [4.69, 9.17) is 0 Å². The maximum Gasteiger partial charge on any atom is 0.352 e. The molecule has 1 saturated heterocycles. The second-order valence-electron chi connectivity index (χ2n) is 7.42. The highest BCUT2D eigenvalue weighted by atomic mass is 32.2. The van der Waals surface area contributed by atoms with Crippen molar-refractivity contribution in [1.29, 1.82) is 0 Å². The molecule has 2 aromatic rings. The van der Waals surface area contributed by atoms with Gasteiger partial charge in [0.2, 0.25) is 5.91 Å². The van der Waals surface area contributed by atoms with Gasteiger partial charge in [-0.05, 0) is 23.9 Å². The van der Waals surface area contributed by atoms with E-state index in [1.54, 1.807) is 17.5 Å². The number of rotatable bonds is 10. The number of aryl methyl sites for hydroxylation is 1.